The highest BCUT2D eigenvalue weighted by Crippen LogP contribution is 2.28. The minimum absolute atomic E-state index is 0.0590. The molecule has 1 saturated heterocycles. The molecule has 0 spiro atoms. The summed E-state index contributed by atoms with van der Waals surface area (Å²) in [6.07, 6.45) is 6.37. The zero-order chi connectivity index (χ0) is 20.8. The lowest BCUT2D eigenvalue weighted by Crippen LogP contribution is -2.27. The van der Waals surface area contributed by atoms with Gasteiger partial charge in [0.05, 0.1) is 11.7 Å². The van der Waals surface area contributed by atoms with Crippen molar-refractivity contribution >= 4 is 29.0 Å². The van der Waals surface area contributed by atoms with Crippen LogP contribution in [0.2, 0.25) is 0 Å². The van der Waals surface area contributed by atoms with Crippen molar-refractivity contribution in [1.82, 2.24) is 19.9 Å². The number of thiazole rings is 1. The molecule has 0 aromatic carbocycles. The van der Waals surface area contributed by atoms with E-state index >= 15 is 0 Å². The number of hydrogen-bond acceptors (Lipinski definition) is 7. The van der Waals surface area contributed by atoms with Gasteiger partial charge >= 0.3 is 6.03 Å². The molecule has 0 aliphatic carbocycles. The van der Waals surface area contributed by atoms with Crippen LogP contribution >= 0.6 is 11.3 Å². The van der Waals surface area contributed by atoms with Gasteiger partial charge in [-0.3, -0.25) is 20.5 Å². The summed E-state index contributed by atoms with van der Waals surface area (Å²) in [6.45, 7) is 2.12. The van der Waals surface area contributed by atoms with Gasteiger partial charge in [-0.15, -0.1) is 11.3 Å². The molecule has 1 aliphatic heterocycles. The van der Waals surface area contributed by atoms with E-state index in [9.17, 15) is 9.90 Å². The predicted molar refractivity (Wildman–Crippen MR) is 117 cm³/mol. The number of aromatic nitrogens is 3. The smallest absolute Gasteiger partial charge is 0.326 e. The second kappa shape index (κ2) is 9.75. The van der Waals surface area contributed by atoms with E-state index in [1.165, 1.54) is 11.3 Å². The molecule has 0 radical (unpaired) electrons. The van der Waals surface area contributed by atoms with Crippen molar-refractivity contribution < 1.29 is 9.90 Å². The first-order valence-corrected chi connectivity index (χ1v) is 10.9. The molecule has 4 rings (SSSR count). The molecule has 156 valence electrons. The van der Waals surface area contributed by atoms with E-state index in [4.69, 9.17) is 0 Å². The largest absolute Gasteiger partial charge is 0.396 e. The van der Waals surface area contributed by atoms with Crippen molar-refractivity contribution in [2.24, 2.45) is 0 Å². The van der Waals surface area contributed by atoms with Crippen LogP contribution in [0.3, 0.4) is 0 Å². The van der Waals surface area contributed by atoms with Crippen molar-refractivity contribution in [3.63, 3.8) is 0 Å². The Morgan fingerprint density at radius 3 is 2.63 bits per heavy atom. The molecule has 2 amide bonds. The minimum atomic E-state index is -0.397. The number of rotatable bonds is 7. The molecule has 30 heavy (non-hydrogen) atoms. The summed E-state index contributed by atoms with van der Waals surface area (Å²) in [6, 6.07) is 9.00. The van der Waals surface area contributed by atoms with Gasteiger partial charge in [-0.25, -0.2) is 14.8 Å². The third kappa shape index (κ3) is 4.99. The average Bonchev–Trinajstić information content (AvgIpc) is 3.45. The second-order valence-electron chi connectivity index (χ2n) is 7.07. The summed E-state index contributed by atoms with van der Waals surface area (Å²) in [7, 11) is 0. The fraction of sp³-hybridized carbons (Fsp3) is 0.333. The van der Waals surface area contributed by atoms with Gasteiger partial charge in [-0.1, -0.05) is 6.07 Å². The predicted octanol–water partition coefficient (Wildman–Crippen LogP) is 3.76. The Hall–Kier alpha value is -2.88. The normalized spacial score (nSPS) is 15.1. The fourth-order valence-electron chi connectivity index (χ4n) is 3.62. The van der Waals surface area contributed by atoms with Gasteiger partial charge in [0.2, 0.25) is 0 Å². The van der Waals surface area contributed by atoms with Crippen LogP contribution in [0.5, 0.6) is 0 Å². The summed E-state index contributed by atoms with van der Waals surface area (Å²) < 4.78 is 0. The van der Waals surface area contributed by atoms with E-state index in [-0.39, 0.29) is 12.6 Å². The number of urea groups is 1. The first-order chi connectivity index (χ1) is 14.7. The maximum Gasteiger partial charge on any atom is 0.326 e. The standard InChI is InChI=1S/C21H24N6O2S/c28-13-8-17(27-11-1-2-12-27)16-4-3-5-18(23-16)25-21(29)26-19-14-30-20(24-19)15-6-9-22-10-7-15/h3-7,9-10,14,17,28H,1-2,8,11-13H2,(H2,23,25,26,29). The van der Waals surface area contributed by atoms with Crippen molar-refractivity contribution in [2.75, 3.05) is 30.3 Å². The van der Waals surface area contributed by atoms with Crippen LogP contribution in [-0.2, 0) is 0 Å². The summed E-state index contributed by atoms with van der Waals surface area (Å²) >= 11 is 1.45. The molecule has 3 aromatic heterocycles. The lowest BCUT2D eigenvalue weighted by Gasteiger charge is -2.26. The molecule has 0 bridgehead atoms. The van der Waals surface area contributed by atoms with Gasteiger partial charge < -0.3 is 5.11 Å². The Balaban J connectivity index is 1.41. The van der Waals surface area contributed by atoms with Crippen LogP contribution < -0.4 is 10.6 Å². The SMILES string of the molecule is O=C(Nc1cccc(C(CCO)N2CCCC2)n1)Nc1csc(-c2ccncc2)n1. The maximum absolute atomic E-state index is 12.4. The van der Waals surface area contributed by atoms with Gasteiger partial charge in [0, 0.05) is 29.9 Å². The highest BCUT2D eigenvalue weighted by Gasteiger charge is 2.24. The first kappa shape index (κ1) is 20.4. The topological polar surface area (TPSA) is 103 Å². The number of anilines is 2. The highest BCUT2D eigenvalue weighted by atomic mass is 32.1. The first-order valence-electron chi connectivity index (χ1n) is 9.99. The fourth-order valence-corrected chi connectivity index (χ4v) is 4.38. The molecule has 3 aromatic rings. The lowest BCUT2D eigenvalue weighted by atomic mass is 10.1. The van der Waals surface area contributed by atoms with E-state index in [2.05, 4.69) is 30.5 Å². The third-order valence-electron chi connectivity index (χ3n) is 5.01. The van der Waals surface area contributed by atoms with Gasteiger partial charge in [0.25, 0.3) is 0 Å². The minimum Gasteiger partial charge on any atom is -0.396 e. The van der Waals surface area contributed by atoms with E-state index in [0.29, 0.717) is 18.1 Å². The van der Waals surface area contributed by atoms with Gasteiger partial charge in [-0.05, 0) is 56.6 Å². The molecular formula is C21H24N6O2S. The number of carbonyl (C=O) groups is 1. The Bertz CT molecular complexity index is 974. The molecule has 1 aliphatic rings. The van der Waals surface area contributed by atoms with Crippen molar-refractivity contribution in [2.45, 2.75) is 25.3 Å². The van der Waals surface area contributed by atoms with Crippen molar-refractivity contribution in [3.05, 3.63) is 53.8 Å². The number of aliphatic hydroxyl groups is 1. The third-order valence-corrected chi connectivity index (χ3v) is 5.90. The van der Waals surface area contributed by atoms with Crippen LogP contribution in [0.4, 0.5) is 16.4 Å². The monoisotopic (exact) mass is 424 g/mol. The zero-order valence-electron chi connectivity index (χ0n) is 16.5. The van der Waals surface area contributed by atoms with E-state index in [0.717, 1.165) is 42.2 Å². The second-order valence-corrected chi connectivity index (χ2v) is 7.93. The number of amides is 2. The van der Waals surface area contributed by atoms with Crippen LogP contribution in [0.25, 0.3) is 10.6 Å². The number of nitrogens with one attached hydrogen (secondary N) is 2. The number of hydrogen-bond donors (Lipinski definition) is 3. The molecular weight excluding hydrogens is 400 g/mol. The van der Waals surface area contributed by atoms with Gasteiger partial charge in [0.1, 0.15) is 16.6 Å². The van der Waals surface area contributed by atoms with Gasteiger partial charge in [-0.2, -0.15) is 0 Å². The Labute approximate surface area is 179 Å². The van der Waals surface area contributed by atoms with Crippen molar-refractivity contribution in [3.8, 4) is 10.6 Å². The van der Waals surface area contributed by atoms with Gasteiger partial charge in [0.15, 0.2) is 0 Å². The van der Waals surface area contributed by atoms with Crippen LogP contribution in [-0.4, -0.2) is 50.7 Å². The molecule has 9 heteroatoms. The molecule has 1 fully saturated rings. The number of likely N-dealkylation sites (tertiary alicyclic amines) is 1. The van der Waals surface area contributed by atoms with Crippen molar-refractivity contribution in [1.29, 1.82) is 0 Å². The highest BCUT2D eigenvalue weighted by molar-refractivity contribution is 7.13. The quantitative estimate of drug-likeness (QED) is 0.534. The molecule has 0 saturated carbocycles. The number of nitrogens with zero attached hydrogens (tertiary/aromatic N) is 4. The summed E-state index contributed by atoms with van der Waals surface area (Å²) in [4.78, 5) is 27.9. The lowest BCUT2D eigenvalue weighted by molar-refractivity contribution is 0.182. The number of carbonyl (C=O) groups excluding carboxylic acids is 1. The summed E-state index contributed by atoms with van der Waals surface area (Å²) in [5.74, 6) is 0.951. The summed E-state index contributed by atoms with van der Waals surface area (Å²) in [5, 5.41) is 17.6. The summed E-state index contributed by atoms with van der Waals surface area (Å²) in [5.41, 5.74) is 1.81. The molecule has 4 heterocycles. The van der Waals surface area contributed by atoms with E-state index in [1.54, 1.807) is 23.8 Å². The van der Waals surface area contributed by atoms with Crippen LogP contribution in [0, 0.1) is 0 Å². The molecule has 1 unspecified atom stereocenters. The number of aliphatic hydroxyl groups excluding tert-OH is 1. The Kier molecular flexibility index (Phi) is 6.63. The zero-order valence-corrected chi connectivity index (χ0v) is 17.3. The van der Waals surface area contributed by atoms with Crippen LogP contribution in [0.15, 0.2) is 48.1 Å². The Morgan fingerprint density at radius 2 is 1.87 bits per heavy atom. The average molecular weight is 425 g/mol. The van der Waals surface area contributed by atoms with Crippen LogP contribution in [0.1, 0.15) is 31.0 Å². The Morgan fingerprint density at radius 1 is 1.10 bits per heavy atom. The molecule has 3 N–H and O–H groups in total. The van der Waals surface area contributed by atoms with E-state index < -0.39 is 6.03 Å². The molecule has 8 nitrogen and oxygen atoms in total. The van der Waals surface area contributed by atoms with E-state index in [1.807, 2.05) is 24.3 Å². The number of pyridine rings is 2. The molecule has 1 atom stereocenters. The maximum atomic E-state index is 12.4.